The van der Waals surface area contributed by atoms with E-state index in [1.807, 2.05) is 42.5 Å². The zero-order valence-corrected chi connectivity index (χ0v) is 15.2. The summed E-state index contributed by atoms with van der Waals surface area (Å²) >= 11 is 0. The fourth-order valence-corrected chi connectivity index (χ4v) is 2.67. The van der Waals surface area contributed by atoms with Gasteiger partial charge in [0.15, 0.2) is 0 Å². The monoisotopic (exact) mass is 377 g/mol. The van der Waals surface area contributed by atoms with Crippen molar-refractivity contribution in [2.24, 2.45) is 0 Å². The molecule has 0 aliphatic rings. The maximum atomic E-state index is 11.9. The summed E-state index contributed by atoms with van der Waals surface area (Å²) in [7, 11) is 1.49. The van der Waals surface area contributed by atoms with Crippen molar-refractivity contribution in [1.29, 1.82) is 0 Å². The molecular formula is C22H19NO5. The van der Waals surface area contributed by atoms with Crippen LogP contribution in [0, 0.1) is 0 Å². The molecule has 0 atom stereocenters. The maximum Gasteiger partial charge on any atom is 0.411 e. The number of anilines is 1. The van der Waals surface area contributed by atoms with Gasteiger partial charge in [0.1, 0.15) is 12.4 Å². The van der Waals surface area contributed by atoms with E-state index < -0.39 is 12.1 Å². The van der Waals surface area contributed by atoms with E-state index in [1.165, 1.54) is 19.2 Å². The Morgan fingerprint density at radius 1 is 0.964 bits per heavy atom. The molecule has 0 aliphatic carbocycles. The predicted octanol–water partition coefficient (Wildman–Crippen LogP) is 4.81. The van der Waals surface area contributed by atoms with Crippen molar-refractivity contribution < 1.29 is 24.2 Å². The number of methoxy groups -OCH3 is 1. The third-order valence-corrected chi connectivity index (χ3v) is 4.10. The summed E-state index contributed by atoms with van der Waals surface area (Å²) in [5.41, 5.74) is 3.23. The predicted molar refractivity (Wildman–Crippen MR) is 106 cm³/mol. The maximum absolute atomic E-state index is 11.9. The van der Waals surface area contributed by atoms with Crippen molar-refractivity contribution in [1.82, 2.24) is 0 Å². The second kappa shape index (κ2) is 8.73. The molecule has 3 aromatic carbocycles. The molecule has 0 bridgehead atoms. The third-order valence-electron chi connectivity index (χ3n) is 4.10. The number of carboxylic acids is 1. The number of aromatic carboxylic acids is 1. The molecule has 0 radical (unpaired) electrons. The lowest BCUT2D eigenvalue weighted by Gasteiger charge is -2.11. The van der Waals surface area contributed by atoms with Gasteiger partial charge in [0.05, 0.1) is 12.7 Å². The number of rotatable bonds is 6. The average molecular weight is 377 g/mol. The van der Waals surface area contributed by atoms with Gasteiger partial charge in [-0.1, -0.05) is 42.5 Å². The number of carboxylic acid groups (broad SMARTS) is 1. The molecule has 0 heterocycles. The number of amides is 1. The number of carbonyl (C=O) groups excluding carboxylic acids is 1. The van der Waals surface area contributed by atoms with Crippen LogP contribution in [0.15, 0.2) is 72.8 Å². The Morgan fingerprint density at radius 2 is 1.68 bits per heavy atom. The largest absolute Gasteiger partial charge is 0.496 e. The van der Waals surface area contributed by atoms with Gasteiger partial charge in [0.2, 0.25) is 0 Å². The molecule has 6 heteroatoms. The summed E-state index contributed by atoms with van der Waals surface area (Å²) in [4.78, 5) is 23.0. The molecule has 3 aromatic rings. The Bertz CT molecular complexity index is 968. The first kappa shape index (κ1) is 19.0. The van der Waals surface area contributed by atoms with Crippen LogP contribution in [0.4, 0.5) is 10.5 Å². The molecule has 0 unspecified atom stereocenters. The van der Waals surface area contributed by atoms with Crippen molar-refractivity contribution in [2.45, 2.75) is 6.61 Å². The minimum atomic E-state index is -1.02. The summed E-state index contributed by atoms with van der Waals surface area (Å²) in [6.07, 6.45) is -0.542. The van der Waals surface area contributed by atoms with Crippen LogP contribution in [0.25, 0.3) is 11.1 Å². The van der Waals surface area contributed by atoms with Crippen LogP contribution >= 0.6 is 0 Å². The zero-order chi connectivity index (χ0) is 19.9. The molecule has 0 saturated carbocycles. The normalized spacial score (nSPS) is 10.2. The van der Waals surface area contributed by atoms with Crippen molar-refractivity contribution >= 4 is 17.7 Å². The van der Waals surface area contributed by atoms with Gasteiger partial charge in [0, 0.05) is 11.3 Å². The lowest BCUT2D eigenvalue weighted by Crippen LogP contribution is -2.13. The minimum Gasteiger partial charge on any atom is -0.496 e. The standard InChI is InChI=1S/C22H19NO5/c1-27-20-13-17(21(24)25)9-12-19(20)16-7-10-18(11-8-16)23-22(26)28-14-15-5-3-2-4-6-15/h2-13H,14H2,1H3,(H,23,26)(H,24,25). The smallest absolute Gasteiger partial charge is 0.411 e. The van der Waals surface area contributed by atoms with Gasteiger partial charge in [-0.2, -0.15) is 0 Å². The third kappa shape index (κ3) is 4.67. The number of hydrogen-bond donors (Lipinski definition) is 2. The first-order valence-electron chi connectivity index (χ1n) is 8.56. The molecule has 0 saturated heterocycles. The summed E-state index contributed by atoms with van der Waals surface area (Å²) in [6, 6.07) is 21.2. The van der Waals surface area contributed by atoms with Crippen molar-refractivity contribution in [3.8, 4) is 16.9 Å². The molecule has 142 valence electrons. The SMILES string of the molecule is COc1cc(C(=O)O)ccc1-c1ccc(NC(=O)OCc2ccccc2)cc1. The number of nitrogens with one attached hydrogen (secondary N) is 1. The first-order valence-corrected chi connectivity index (χ1v) is 8.56. The van der Waals surface area contributed by atoms with Gasteiger partial charge in [-0.25, -0.2) is 9.59 Å². The molecule has 2 N–H and O–H groups in total. The van der Waals surface area contributed by atoms with E-state index in [0.29, 0.717) is 11.4 Å². The average Bonchev–Trinajstić information content (AvgIpc) is 2.73. The van der Waals surface area contributed by atoms with E-state index in [0.717, 1.165) is 16.7 Å². The zero-order valence-electron chi connectivity index (χ0n) is 15.2. The summed E-state index contributed by atoms with van der Waals surface area (Å²) in [6.45, 7) is 0.192. The fraction of sp³-hybridized carbons (Fsp3) is 0.0909. The molecule has 3 rings (SSSR count). The lowest BCUT2D eigenvalue weighted by atomic mass is 10.0. The Labute approximate surface area is 162 Å². The van der Waals surface area contributed by atoms with Crippen LogP contribution in [0.5, 0.6) is 5.75 Å². The molecule has 0 spiro atoms. The Morgan fingerprint density at radius 3 is 2.32 bits per heavy atom. The van der Waals surface area contributed by atoms with Crippen molar-refractivity contribution in [2.75, 3.05) is 12.4 Å². The molecule has 6 nitrogen and oxygen atoms in total. The second-order valence-electron chi connectivity index (χ2n) is 5.98. The highest BCUT2D eigenvalue weighted by molar-refractivity contribution is 5.90. The summed E-state index contributed by atoms with van der Waals surface area (Å²) < 4.78 is 10.5. The fourth-order valence-electron chi connectivity index (χ4n) is 2.67. The first-order chi connectivity index (χ1) is 13.6. The molecule has 0 aliphatic heterocycles. The van der Waals surface area contributed by atoms with E-state index in [1.54, 1.807) is 18.2 Å². The summed E-state index contributed by atoms with van der Waals surface area (Å²) in [5, 5.41) is 11.8. The van der Waals surface area contributed by atoms with Crippen LogP contribution < -0.4 is 10.1 Å². The van der Waals surface area contributed by atoms with Crippen LogP contribution in [-0.2, 0) is 11.3 Å². The topological polar surface area (TPSA) is 84.9 Å². The summed E-state index contributed by atoms with van der Waals surface area (Å²) in [5.74, 6) is -0.554. The number of ether oxygens (including phenoxy) is 2. The van der Waals surface area contributed by atoms with Crippen LogP contribution in [0.2, 0.25) is 0 Å². The van der Waals surface area contributed by atoms with Gasteiger partial charge in [0.25, 0.3) is 0 Å². The van der Waals surface area contributed by atoms with Gasteiger partial charge >= 0.3 is 12.1 Å². The van der Waals surface area contributed by atoms with E-state index in [2.05, 4.69) is 5.32 Å². The van der Waals surface area contributed by atoms with Crippen LogP contribution in [-0.4, -0.2) is 24.3 Å². The number of benzene rings is 3. The Hall–Kier alpha value is -3.80. The molecule has 28 heavy (non-hydrogen) atoms. The highest BCUT2D eigenvalue weighted by Crippen LogP contribution is 2.31. The van der Waals surface area contributed by atoms with Gasteiger partial charge in [-0.3, -0.25) is 5.32 Å². The Kier molecular flexibility index (Phi) is 5.91. The van der Waals surface area contributed by atoms with Gasteiger partial charge in [-0.05, 0) is 41.5 Å². The van der Waals surface area contributed by atoms with E-state index in [9.17, 15) is 9.59 Å². The van der Waals surface area contributed by atoms with Gasteiger partial charge in [-0.15, -0.1) is 0 Å². The van der Waals surface area contributed by atoms with Crippen molar-refractivity contribution in [3.63, 3.8) is 0 Å². The van der Waals surface area contributed by atoms with E-state index in [-0.39, 0.29) is 12.2 Å². The number of hydrogen-bond acceptors (Lipinski definition) is 4. The lowest BCUT2D eigenvalue weighted by molar-refractivity contribution is 0.0696. The second-order valence-corrected chi connectivity index (χ2v) is 5.98. The quantitative estimate of drug-likeness (QED) is 0.644. The minimum absolute atomic E-state index is 0.153. The van der Waals surface area contributed by atoms with Crippen LogP contribution in [0.1, 0.15) is 15.9 Å². The molecule has 1 amide bonds. The Balaban J connectivity index is 1.66. The van der Waals surface area contributed by atoms with E-state index >= 15 is 0 Å². The van der Waals surface area contributed by atoms with Gasteiger partial charge < -0.3 is 14.6 Å². The molecular weight excluding hydrogens is 358 g/mol. The van der Waals surface area contributed by atoms with Crippen molar-refractivity contribution in [3.05, 3.63) is 83.9 Å². The number of carbonyl (C=O) groups is 2. The van der Waals surface area contributed by atoms with Crippen LogP contribution in [0.3, 0.4) is 0 Å². The van der Waals surface area contributed by atoms with E-state index in [4.69, 9.17) is 14.6 Å². The highest BCUT2D eigenvalue weighted by Gasteiger charge is 2.11. The molecule has 0 aromatic heterocycles. The highest BCUT2D eigenvalue weighted by atomic mass is 16.5. The molecule has 0 fully saturated rings.